The normalized spacial score (nSPS) is 40.0. The van der Waals surface area contributed by atoms with E-state index in [9.17, 15) is 0 Å². The SMILES string of the molecule is CC(NCC1C2CC3CC(C2)CC1C3)c1ccccn1. The minimum absolute atomic E-state index is 0.383. The van der Waals surface area contributed by atoms with Crippen molar-refractivity contribution in [2.75, 3.05) is 6.54 Å². The molecule has 2 nitrogen and oxygen atoms in total. The number of pyridine rings is 1. The van der Waals surface area contributed by atoms with E-state index in [0.717, 1.165) is 29.6 Å². The molecule has 0 saturated heterocycles. The van der Waals surface area contributed by atoms with Gasteiger partial charge in [0.2, 0.25) is 0 Å². The van der Waals surface area contributed by atoms with Crippen LogP contribution in [0.4, 0.5) is 0 Å². The fourth-order valence-electron chi connectivity index (χ4n) is 5.42. The van der Waals surface area contributed by atoms with Crippen LogP contribution in [0.5, 0.6) is 0 Å². The van der Waals surface area contributed by atoms with Crippen molar-refractivity contribution in [3.05, 3.63) is 30.1 Å². The van der Waals surface area contributed by atoms with Crippen molar-refractivity contribution in [3.63, 3.8) is 0 Å². The van der Waals surface area contributed by atoms with E-state index in [4.69, 9.17) is 0 Å². The van der Waals surface area contributed by atoms with Crippen molar-refractivity contribution < 1.29 is 0 Å². The second kappa shape index (κ2) is 5.14. The van der Waals surface area contributed by atoms with Gasteiger partial charge in [0.25, 0.3) is 0 Å². The van der Waals surface area contributed by atoms with Crippen molar-refractivity contribution >= 4 is 0 Å². The van der Waals surface area contributed by atoms with Crippen molar-refractivity contribution in [2.24, 2.45) is 29.6 Å². The van der Waals surface area contributed by atoms with Crippen LogP contribution in [0.2, 0.25) is 0 Å². The van der Waals surface area contributed by atoms with Gasteiger partial charge in [-0.15, -0.1) is 0 Å². The van der Waals surface area contributed by atoms with E-state index in [-0.39, 0.29) is 0 Å². The van der Waals surface area contributed by atoms with Gasteiger partial charge in [0.15, 0.2) is 0 Å². The average Bonchev–Trinajstić information content (AvgIpc) is 2.46. The topological polar surface area (TPSA) is 24.9 Å². The summed E-state index contributed by atoms with van der Waals surface area (Å²) in [5, 5.41) is 3.76. The Morgan fingerprint density at radius 2 is 1.80 bits per heavy atom. The van der Waals surface area contributed by atoms with Gasteiger partial charge in [-0.1, -0.05) is 6.07 Å². The summed E-state index contributed by atoms with van der Waals surface area (Å²) in [5.74, 6) is 5.15. The molecule has 4 aliphatic carbocycles. The van der Waals surface area contributed by atoms with Crippen LogP contribution in [0, 0.1) is 29.6 Å². The summed E-state index contributed by atoms with van der Waals surface area (Å²) in [6, 6.07) is 6.60. The maximum atomic E-state index is 4.47. The number of hydrogen-bond donors (Lipinski definition) is 1. The summed E-state index contributed by atoms with van der Waals surface area (Å²) in [6.45, 7) is 3.45. The van der Waals surface area contributed by atoms with Crippen molar-refractivity contribution in [3.8, 4) is 0 Å². The lowest BCUT2D eigenvalue weighted by Crippen LogP contribution is -2.48. The lowest BCUT2D eigenvalue weighted by atomic mass is 9.52. The van der Waals surface area contributed by atoms with E-state index in [0.29, 0.717) is 6.04 Å². The predicted octanol–water partition coefficient (Wildman–Crippen LogP) is 3.80. The van der Waals surface area contributed by atoms with Crippen molar-refractivity contribution in [1.82, 2.24) is 10.3 Å². The Morgan fingerprint density at radius 1 is 1.10 bits per heavy atom. The van der Waals surface area contributed by atoms with E-state index < -0.39 is 0 Å². The summed E-state index contributed by atoms with van der Waals surface area (Å²) in [4.78, 5) is 4.47. The minimum atomic E-state index is 0.383. The number of aromatic nitrogens is 1. The first-order valence-corrected chi connectivity index (χ1v) is 8.44. The van der Waals surface area contributed by atoms with Gasteiger partial charge in [-0.25, -0.2) is 0 Å². The second-order valence-corrected chi connectivity index (χ2v) is 7.48. The molecule has 20 heavy (non-hydrogen) atoms. The fraction of sp³-hybridized carbons (Fsp3) is 0.722. The molecule has 1 aromatic rings. The molecule has 4 saturated carbocycles. The average molecular weight is 270 g/mol. The maximum absolute atomic E-state index is 4.47. The smallest absolute Gasteiger partial charge is 0.0570 e. The Balaban J connectivity index is 1.38. The Bertz CT molecular complexity index is 428. The molecule has 0 spiro atoms. The highest BCUT2D eigenvalue weighted by Gasteiger charge is 2.47. The Hall–Kier alpha value is -0.890. The molecule has 0 radical (unpaired) electrons. The third-order valence-electron chi connectivity index (χ3n) is 6.21. The zero-order valence-corrected chi connectivity index (χ0v) is 12.5. The van der Waals surface area contributed by atoms with E-state index in [1.165, 1.54) is 37.9 Å². The molecule has 4 bridgehead atoms. The highest BCUT2D eigenvalue weighted by atomic mass is 14.9. The maximum Gasteiger partial charge on any atom is 0.0570 e. The molecule has 1 atom stereocenters. The molecule has 1 aromatic heterocycles. The van der Waals surface area contributed by atoms with Crippen LogP contribution in [0.3, 0.4) is 0 Å². The summed E-state index contributed by atoms with van der Waals surface area (Å²) in [6.07, 6.45) is 9.55. The van der Waals surface area contributed by atoms with Gasteiger partial charge < -0.3 is 5.32 Å². The van der Waals surface area contributed by atoms with Crippen molar-refractivity contribution in [1.29, 1.82) is 0 Å². The standard InChI is InChI=1S/C18H26N2/c1-12(18-4-2-3-5-19-18)20-11-17-15-7-13-6-14(9-15)10-16(17)8-13/h2-5,12-17,20H,6-11H2,1H3. The Kier molecular flexibility index (Phi) is 3.30. The van der Waals surface area contributed by atoms with Crippen LogP contribution >= 0.6 is 0 Å². The third kappa shape index (κ3) is 2.28. The Morgan fingerprint density at radius 3 is 2.40 bits per heavy atom. The number of nitrogens with zero attached hydrogens (tertiary/aromatic N) is 1. The lowest BCUT2D eigenvalue weighted by molar-refractivity contribution is -0.0362. The molecule has 0 aliphatic heterocycles. The van der Waals surface area contributed by atoms with Gasteiger partial charge in [-0.2, -0.15) is 0 Å². The van der Waals surface area contributed by atoms with Gasteiger partial charge in [-0.05, 0) is 87.3 Å². The van der Waals surface area contributed by atoms with Gasteiger partial charge in [-0.3, -0.25) is 4.98 Å². The molecule has 0 aromatic carbocycles. The molecule has 1 heterocycles. The number of rotatable bonds is 4. The molecule has 1 N–H and O–H groups in total. The van der Waals surface area contributed by atoms with Crippen LogP contribution in [-0.2, 0) is 0 Å². The molecular formula is C18H26N2. The third-order valence-corrected chi connectivity index (χ3v) is 6.21. The fourth-order valence-corrected chi connectivity index (χ4v) is 5.42. The molecule has 4 fully saturated rings. The molecule has 0 amide bonds. The van der Waals surface area contributed by atoms with E-state index in [1.807, 2.05) is 12.3 Å². The van der Waals surface area contributed by atoms with Crippen LogP contribution < -0.4 is 5.32 Å². The molecule has 2 heteroatoms. The first-order chi connectivity index (χ1) is 9.79. The van der Waals surface area contributed by atoms with Gasteiger partial charge in [0, 0.05) is 12.2 Å². The van der Waals surface area contributed by atoms with Crippen LogP contribution in [0.1, 0.15) is 50.8 Å². The summed E-state index contributed by atoms with van der Waals surface area (Å²) in [7, 11) is 0. The molecule has 5 rings (SSSR count). The van der Waals surface area contributed by atoms with E-state index >= 15 is 0 Å². The zero-order valence-electron chi connectivity index (χ0n) is 12.5. The first kappa shape index (κ1) is 12.8. The van der Waals surface area contributed by atoms with Gasteiger partial charge >= 0.3 is 0 Å². The largest absolute Gasteiger partial charge is 0.309 e. The first-order valence-electron chi connectivity index (χ1n) is 8.44. The molecule has 4 aliphatic rings. The van der Waals surface area contributed by atoms with E-state index in [2.05, 4.69) is 29.4 Å². The zero-order chi connectivity index (χ0) is 13.5. The van der Waals surface area contributed by atoms with Crippen LogP contribution in [0.25, 0.3) is 0 Å². The van der Waals surface area contributed by atoms with Crippen LogP contribution in [0.15, 0.2) is 24.4 Å². The highest BCUT2D eigenvalue weighted by molar-refractivity contribution is 5.08. The summed E-state index contributed by atoms with van der Waals surface area (Å²) in [5.41, 5.74) is 1.18. The molecular weight excluding hydrogens is 244 g/mol. The number of nitrogens with one attached hydrogen (secondary N) is 1. The summed E-state index contributed by atoms with van der Waals surface area (Å²) < 4.78 is 0. The Labute approximate surface area is 122 Å². The second-order valence-electron chi connectivity index (χ2n) is 7.48. The molecule has 108 valence electrons. The van der Waals surface area contributed by atoms with Crippen LogP contribution in [-0.4, -0.2) is 11.5 Å². The summed E-state index contributed by atoms with van der Waals surface area (Å²) >= 11 is 0. The molecule has 1 unspecified atom stereocenters. The van der Waals surface area contributed by atoms with E-state index in [1.54, 1.807) is 6.42 Å². The van der Waals surface area contributed by atoms with Gasteiger partial charge in [0.05, 0.1) is 5.69 Å². The highest BCUT2D eigenvalue weighted by Crippen LogP contribution is 2.56. The lowest BCUT2D eigenvalue weighted by Gasteiger charge is -2.54. The van der Waals surface area contributed by atoms with Crippen molar-refractivity contribution in [2.45, 2.75) is 45.1 Å². The monoisotopic (exact) mass is 270 g/mol. The minimum Gasteiger partial charge on any atom is -0.309 e. The predicted molar refractivity (Wildman–Crippen MR) is 81.2 cm³/mol. The number of hydrogen-bond acceptors (Lipinski definition) is 2. The quantitative estimate of drug-likeness (QED) is 0.900. The van der Waals surface area contributed by atoms with Gasteiger partial charge in [0.1, 0.15) is 0 Å².